The number of anilines is 1. The van der Waals surface area contributed by atoms with Crippen LogP contribution >= 0.6 is 11.3 Å². The van der Waals surface area contributed by atoms with Crippen molar-refractivity contribution in [2.45, 2.75) is 18.8 Å². The normalized spacial score (nSPS) is 17.7. The molecule has 1 unspecified atom stereocenters. The Morgan fingerprint density at radius 2 is 2.36 bits per heavy atom. The Kier molecular flexibility index (Phi) is 4.14. The number of aryl methyl sites for hydroxylation is 1. The number of thiophene rings is 1. The minimum absolute atomic E-state index is 0.179. The van der Waals surface area contributed by atoms with Crippen molar-refractivity contribution < 1.29 is 9.53 Å². The second-order valence-electron chi connectivity index (χ2n) is 6.15. The van der Waals surface area contributed by atoms with E-state index in [9.17, 15) is 9.59 Å². The summed E-state index contributed by atoms with van der Waals surface area (Å²) in [5.41, 5.74) is 0.756. The van der Waals surface area contributed by atoms with Gasteiger partial charge in [-0.05, 0) is 25.0 Å². The van der Waals surface area contributed by atoms with E-state index in [1.807, 2.05) is 6.07 Å². The highest BCUT2D eigenvalue weighted by molar-refractivity contribution is 7.20. The van der Waals surface area contributed by atoms with Gasteiger partial charge >= 0.3 is 0 Å². The minimum Gasteiger partial charge on any atom is -0.381 e. The summed E-state index contributed by atoms with van der Waals surface area (Å²) in [6.07, 6.45) is 3.65. The first kappa shape index (κ1) is 16.0. The maximum absolute atomic E-state index is 12.6. The quantitative estimate of drug-likeness (QED) is 0.753. The molecule has 1 aliphatic rings. The summed E-state index contributed by atoms with van der Waals surface area (Å²) in [6.45, 7) is 1.47. The molecule has 4 rings (SSSR count). The number of ether oxygens (including phenoxy) is 1. The van der Waals surface area contributed by atoms with Crippen LogP contribution in [0.15, 0.2) is 29.2 Å². The monoisotopic (exact) mass is 358 g/mol. The number of pyridine rings is 1. The predicted octanol–water partition coefficient (Wildman–Crippen LogP) is 2.47. The molecule has 0 bridgehead atoms. The van der Waals surface area contributed by atoms with E-state index in [0.29, 0.717) is 22.0 Å². The van der Waals surface area contributed by atoms with E-state index in [0.717, 1.165) is 30.5 Å². The molecule has 0 radical (unpaired) electrons. The smallest absolute Gasteiger partial charge is 0.266 e. The van der Waals surface area contributed by atoms with Gasteiger partial charge in [0.05, 0.1) is 17.2 Å². The summed E-state index contributed by atoms with van der Waals surface area (Å²) in [5, 5.41) is 8.16. The zero-order valence-corrected chi connectivity index (χ0v) is 14.6. The maximum atomic E-state index is 12.6. The van der Waals surface area contributed by atoms with Crippen LogP contribution in [-0.2, 0) is 11.8 Å². The molecule has 1 amide bonds. The van der Waals surface area contributed by atoms with Gasteiger partial charge in [-0.1, -0.05) is 0 Å². The number of hydrogen-bond donors (Lipinski definition) is 2. The fourth-order valence-corrected chi connectivity index (χ4v) is 3.99. The fourth-order valence-electron chi connectivity index (χ4n) is 3.05. The van der Waals surface area contributed by atoms with Crippen LogP contribution in [0.5, 0.6) is 0 Å². The molecule has 1 aliphatic heterocycles. The number of aromatic nitrogens is 3. The van der Waals surface area contributed by atoms with Gasteiger partial charge in [0.1, 0.15) is 10.5 Å². The molecular formula is C17H18N4O3S. The van der Waals surface area contributed by atoms with Gasteiger partial charge < -0.3 is 15.0 Å². The standard InChI is InChI=1S/C17H18N4O3S/c1-21-14(8-12(20-21)11-3-2-6-24-9-11)19-16(22)13-7-10-4-5-18-17(23)15(10)25-13/h4-5,7-8,11H,2-3,6,9H2,1H3,(H,18,23)(H,19,22). The summed E-state index contributed by atoms with van der Waals surface area (Å²) in [5.74, 6) is 0.667. The lowest BCUT2D eigenvalue weighted by atomic mass is 9.99. The number of nitrogens with zero attached hydrogens (tertiary/aromatic N) is 2. The number of hydrogen-bond acceptors (Lipinski definition) is 5. The van der Waals surface area contributed by atoms with Gasteiger partial charge in [0, 0.05) is 37.2 Å². The minimum atomic E-state index is -0.241. The Morgan fingerprint density at radius 3 is 3.12 bits per heavy atom. The largest absolute Gasteiger partial charge is 0.381 e. The molecule has 3 aromatic heterocycles. The van der Waals surface area contributed by atoms with E-state index >= 15 is 0 Å². The molecule has 1 fully saturated rings. The summed E-state index contributed by atoms with van der Waals surface area (Å²) in [6, 6.07) is 5.42. The van der Waals surface area contributed by atoms with Gasteiger partial charge in [0.2, 0.25) is 0 Å². The Bertz CT molecular complexity index is 981. The highest BCUT2D eigenvalue weighted by Crippen LogP contribution is 2.27. The first-order chi connectivity index (χ1) is 12.1. The zero-order valence-electron chi connectivity index (χ0n) is 13.7. The summed E-state index contributed by atoms with van der Waals surface area (Å²) in [4.78, 5) is 27.5. The van der Waals surface area contributed by atoms with E-state index in [1.165, 1.54) is 11.3 Å². The summed E-state index contributed by atoms with van der Waals surface area (Å²) >= 11 is 1.19. The fraction of sp³-hybridized carbons (Fsp3) is 0.353. The third-order valence-corrected chi connectivity index (χ3v) is 5.54. The molecule has 0 saturated carbocycles. The van der Waals surface area contributed by atoms with E-state index in [-0.39, 0.29) is 17.4 Å². The molecular weight excluding hydrogens is 340 g/mol. The van der Waals surface area contributed by atoms with E-state index in [2.05, 4.69) is 15.4 Å². The molecule has 1 saturated heterocycles. The first-order valence-corrected chi connectivity index (χ1v) is 8.98. The molecule has 7 nitrogen and oxygen atoms in total. The van der Waals surface area contributed by atoms with Crippen molar-refractivity contribution in [3.8, 4) is 0 Å². The molecule has 2 N–H and O–H groups in total. The van der Waals surface area contributed by atoms with Gasteiger partial charge in [-0.25, -0.2) is 0 Å². The van der Waals surface area contributed by atoms with Gasteiger partial charge in [-0.15, -0.1) is 11.3 Å². The molecule has 0 spiro atoms. The maximum Gasteiger partial charge on any atom is 0.266 e. The lowest BCUT2D eigenvalue weighted by molar-refractivity contribution is 0.0791. The van der Waals surface area contributed by atoms with Crippen LogP contribution in [0.2, 0.25) is 0 Å². The van der Waals surface area contributed by atoms with Crippen molar-refractivity contribution in [2.75, 3.05) is 18.5 Å². The predicted molar refractivity (Wildman–Crippen MR) is 96.4 cm³/mol. The van der Waals surface area contributed by atoms with Gasteiger partial charge in [-0.2, -0.15) is 5.10 Å². The number of carbonyl (C=O) groups is 1. The highest BCUT2D eigenvalue weighted by atomic mass is 32.1. The van der Waals surface area contributed by atoms with Crippen molar-refractivity contribution in [1.29, 1.82) is 0 Å². The molecule has 4 heterocycles. The Balaban J connectivity index is 1.56. The highest BCUT2D eigenvalue weighted by Gasteiger charge is 2.21. The van der Waals surface area contributed by atoms with Gasteiger partial charge in [0.15, 0.2) is 0 Å². The summed E-state index contributed by atoms with van der Waals surface area (Å²) < 4.78 is 7.74. The van der Waals surface area contributed by atoms with Crippen LogP contribution in [0.4, 0.5) is 5.82 Å². The number of rotatable bonds is 3. The van der Waals surface area contributed by atoms with E-state index < -0.39 is 0 Å². The molecule has 25 heavy (non-hydrogen) atoms. The van der Waals surface area contributed by atoms with Crippen LogP contribution < -0.4 is 10.9 Å². The number of carbonyl (C=O) groups excluding carboxylic acids is 1. The molecule has 1 atom stereocenters. The SMILES string of the molecule is Cn1nc(C2CCCOC2)cc1NC(=O)c1cc2cc[nH]c(=O)c2s1. The third-order valence-electron chi connectivity index (χ3n) is 4.39. The van der Waals surface area contributed by atoms with Crippen molar-refractivity contribution in [3.05, 3.63) is 45.3 Å². The van der Waals surface area contributed by atoms with E-state index in [1.54, 1.807) is 30.1 Å². The molecule has 130 valence electrons. The van der Waals surface area contributed by atoms with Crippen molar-refractivity contribution in [2.24, 2.45) is 7.05 Å². The van der Waals surface area contributed by atoms with Crippen molar-refractivity contribution >= 4 is 33.1 Å². The Morgan fingerprint density at radius 1 is 1.48 bits per heavy atom. The molecule has 0 aliphatic carbocycles. The second kappa shape index (κ2) is 6.45. The topological polar surface area (TPSA) is 89.0 Å². The number of fused-ring (bicyclic) bond motifs is 1. The molecule has 0 aromatic carbocycles. The van der Waals surface area contributed by atoms with E-state index in [4.69, 9.17) is 4.74 Å². The Hall–Kier alpha value is -2.45. The second-order valence-corrected chi connectivity index (χ2v) is 7.20. The average Bonchev–Trinajstić information content (AvgIpc) is 3.21. The van der Waals surface area contributed by atoms with Gasteiger partial charge in [0.25, 0.3) is 11.5 Å². The average molecular weight is 358 g/mol. The third kappa shape index (κ3) is 3.10. The number of H-pyrrole nitrogens is 1. The van der Waals surface area contributed by atoms with Crippen LogP contribution in [0.25, 0.3) is 10.1 Å². The number of nitrogens with one attached hydrogen (secondary N) is 2. The Labute approximate surface area is 147 Å². The molecule has 3 aromatic rings. The van der Waals surface area contributed by atoms with Gasteiger partial charge in [-0.3, -0.25) is 14.3 Å². The zero-order chi connectivity index (χ0) is 17.4. The van der Waals surface area contributed by atoms with Crippen LogP contribution in [-0.4, -0.2) is 33.9 Å². The van der Waals surface area contributed by atoms with Crippen LogP contribution in [0, 0.1) is 0 Å². The van der Waals surface area contributed by atoms with Crippen LogP contribution in [0.3, 0.4) is 0 Å². The van der Waals surface area contributed by atoms with Crippen molar-refractivity contribution in [1.82, 2.24) is 14.8 Å². The molecule has 8 heteroatoms. The van der Waals surface area contributed by atoms with Crippen LogP contribution in [0.1, 0.15) is 34.1 Å². The lowest BCUT2D eigenvalue weighted by Crippen LogP contribution is -2.16. The summed E-state index contributed by atoms with van der Waals surface area (Å²) in [7, 11) is 1.80. The van der Waals surface area contributed by atoms with Crippen molar-refractivity contribution in [3.63, 3.8) is 0 Å². The number of aromatic amines is 1. The lowest BCUT2D eigenvalue weighted by Gasteiger charge is -2.19. The number of amides is 1. The first-order valence-electron chi connectivity index (χ1n) is 8.16.